The first-order chi connectivity index (χ1) is 16.4. The summed E-state index contributed by atoms with van der Waals surface area (Å²) in [4.78, 5) is 14.1. The minimum atomic E-state index is -3.16. The number of carbonyl (C=O) groups excluding carboxylic acids is 1. The standard InChI is InChI=1S/C25H38N2O7S/c1-24(2,3)34-23(28)6-5-14-32-15-13-27-11-9-25(10-12-27)17-21(26-29)20-16-19(18-35(4,30)31)7-8-22(20)33-25/h7-8,16,29H,5-6,9-15,17-18H2,1-4H3/b26-21-. The molecule has 2 heterocycles. The minimum Gasteiger partial charge on any atom is -0.486 e. The lowest BCUT2D eigenvalue weighted by atomic mass is 9.82. The molecule has 3 rings (SSSR count). The van der Waals surface area contributed by atoms with Gasteiger partial charge in [0.2, 0.25) is 0 Å². The lowest BCUT2D eigenvalue weighted by Crippen LogP contribution is -2.51. The highest BCUT2D eigenvalue weighted by atomic mass is 32.2. The second-order valence-electron chi connectivity index (χ2n) is 10.6. The van der Waals surface area contributed by atoms with E-state index < -0.39 is 21.0 Å². The van der Waals surface area contributed by atoms with Gasteiger partial charge in [-0.25, -0.2) is 8.42 Å². The van der Waals surface area contributed by atoms with Crippen molar-refractivity contribution in [2.24, 2.45) is 5.16 Å². The van der Waals surface area contributed by atoms with Crippen LogP contribution < -0.4 is 4.74 Å². The van der Waals surface area contributed by atoms with Gasteiger partial charge in [0.15, 0.2) is 9.84 Å². The van der Waals surface area contributed by atoms with E-state index in [0.29, 0.717) is 55.1 Å². The summed E-state index contributed by atoms with van der Waals surface area (Å²) in [6.07, 6.45) is 4.24. The van der Waals surface area contributed by atoms with Gasteiger partial charge < -0.3 is 24.3 Å². The van der Waals surface area contributed by atoms with E-state index in [2.05, 4.69) is 10.1 Å². The molecule has 0 amide bonds. The minimum absolute atomic E-state index is 0.0673. The van der Waals surface area contributed by atoms with Gasteiger partial charge in [0.1, 0.15) is 17.0 Å². The Bertz CT molecular complexity index is 1020. The third-order valence-corrected chi connectivity index (χ3v) is 6.99. The summed E-state index contributed by atoms with van der Waals surface area (Å²) in [7, 11) is -3.16. The summed E-state index contributed by atoms with van der Waals surface area (Å²) in [5.74, 6) is 0.360. The number of carbonyl (C=O) groups is 1. The fourth-order valence-electron chi connectivity index (χ4n) is 4.51. The smallest absolute Gasteiger partial charge is 0.306 e. The quantitative estimate of drug-likeness (QED) is 0.233. The van der Waals surface area contributed by atoms with Crippen LogP contribution in [0.5, 0.6) is 5.75 Å². The first-order valence-electron chi connectivity index (χ1n) is 12.1. The second-order valence-corrected chi connectivity index (χ2v) is 12.7. The molecule has 0 saturated carbocycles. The van der Waals surface area contributed by atoms with E-state index in [1.54, 1.807) is 18.2 Å². The van der Waals surface area contributed by atoms with Gasteiger partial charge in [-0.2, -0.15) is 0 Å². The predicted molar refractivity (Wildman–Crippen MR) is 133 cm³/mol. The molecule has 1 aromatic carbocycles. The van der Waals surface area contributed by atoms with E-state index in [0.717, 1.165) is 32.5 Å². The molecule has 0 unspecified atom stereocenters. The molecule has 35 heavy (non-hydrogen) atoms. The van der Waals surface area contributed by atoms with Gasteiger partial charge in [0, 0.05) is 63.7 Å². The molecule has 2 aliphatic heterocycles. The summed E-state index contributed by atoms with van der Waals surface area (Å²) < 4.78 is 40.7. The zero-order chi connectivity index (χ0) is 25.7. The molecule has 0 aromatic heterocycles. The van der Waals surface area contributed by atoms with Crippen LogP contribution in [0.4, 0.5) is 0 Å². The van der Waals surface area contributed by atoms with Crippen molar-refractivity contribution in [3.63, 3.8) is 0 Å². The number of likely N-dealkylation sites (tertiary alicyclic amines) is 1. The molecule has 10 heteroatoms. The normalized spacial score (nSPS) is 19.4. The van der Waals surface area contributed by atoms with Crippen LogP contribution in [0.3, 0.4) is 0 Å². The highest BCUT2D eigenvalue weighted by Gasteiger charge is 2.42. The van der Waals surface area contributed by atoms with Crippen LogP contribution in [0.15, 0.2) is 23.4 Å². The monoisotopic (exact) mass is 510 g/mol. The summed E-state index contributed by atoms with van der Waals surface area (Å²) in [6.45, 7) is 9.16. The average molecular weight is 511 g/mol. The van der Waals surface area contributed by atoms with Gasteiger partial charge in [-0.3, -0.25) is 4.79 Å². The Morgan fingerprint density at radius 2 is 1.94 bits per heavy atom. The highest BCUT2D eigenvalue weighted by Crippen LogP contribution is 2.40. The maximum atomic E-state index is 11.7. The SMILES string of the molecule is CC(C)(C)OC(=O)CCCOCCN1CCC2(CC1)C/C(=N/O)c1cc(CS(C)(=O)=O)ccc1O2. The van der Waals surface area contributed by atoms with Crippen LogP contribution >= 0.6 is 0 Å². The van der Waals surface area contributed by atoms with E-state index in [4.69, 9.17) is 14.2 Å². The molecule has 1 aromatic rings. The van der Waals surface area contributed by atoms with Gasteiger partial charge in [-0.15, -0.1) is 0 Å². The Kier molecular flexibility index (Phi) is 8.82. The fourth-order valence-corrected chi connectivity index (χ4v) is 5.30. The molecule has 1 N–H and O–H groups in total. The van der Waals surface area contributed by atoms with Crippen LogP contribution in [-0.2, 0) is 29.9 Å². The van der Waals surface area contributed by atoms with Crippen LogP contribution in [-0.4, -0.2) is 80.5 Å². The van der Waals surface area contributed by atoms with Gasteiger partial charge in [0.05, 0.1) is 18.1 Å². The number of sulfone groups is 1. The lowest BCUT2D eigenvalue weighted by Gasteiger charge is -2.44. The van der Waals surface area contributed by atoms with Crippen molar-refractivity contribution in [3.05, 3.63) is 29.3 Å². The van der Waals surface area contributed by atoms with Crippen molar-refractivity contribution in [3.8, 4) is 5.75 Å². The first kappa shape index (κ1) is 27.4. The Morgan fingerprint density at radius 1 is 1.23 bits per heavy atom. The number of oxime groups is 1. The largest absolute Gasteiger partial charge is 0.486 e. The molecule has 0 atom stereocenters. The van der Waals surface area contributed by atoms with E-state index in [1.165, 1.54) is 6.26 Å². The van der Waals surface area contributed by atoms with Gasteiger partial charge in [-0.1, -0.05) is 11.2 Å². The Hall–Kier alpha value is -2.17. The van der Waals surface area contributed by atoms with Gasteiger partial charge >= 0.3 is 5.97 Å². The number of ether oxygens (including phenoxy) is 3. The number of benzene rings is 1. The predicted octanol–water partition coefficient (Wildman–Crippen LogP) is 3.17. The van der Waals surface area contributed by atoms with Crippen LogP contribution in [0, 0.1) is 0 Å². The maximum absolute atomic E-state index is 11.7. The topological polar surface area (TPSA) is 115 Å². The summed E-state index contributed by atoms with van der Waals surface area (Å²) >= 11 is 0. The highest BCUT2D eigenvalue weighted by molar-refractivity contribution is 7.89. The van der Waals surface area contributed by atoms with Gasteiger partial charge in [0.25, 0.3) is 0 Å². The third-order valence-electron chi connectivity index (χ3n) is 6.13. The van der Waals surface area contributed by atoms with Crippen molar-refractivity contribution < 1.29 is 32.6 Å². The molecule has 0 radical (unpaired) electrons. The summed E-state index contributed by atoms with van der Waals surface area (Å²) in [5, 5.41) is 13.2. The van der Waals surface area contributed by atoms with E-state index in [9.17, 15) is 18.4 Å². The Balaban J connectivity index is 1.44. The van der Waals surface area contributed by atoms with Crippen molar-refractivity contribution >= 4 is 21.5 Å². The van der Waals surface area contributed by atoms with Crippen LogP contribution in [0.1, 0.15) is 64.0 Å². The molecule has 9 nitrogen and oxygen atoms in total. The summed E-state index contributed by atoms with van der Waals surface area (Å²) in [5.41, 5.74) is 0.939. The fraction of sp³-hybridized carbons (Fsp3) is 0.680. The average Bonchev–Trinajstić information content (AvgIpc) is 2.75. The van der Waals surface area contributed by atoms with Crippen molar-refractivity contribution in [2.75, 3.05) is 39.1 Å². The molecule has 1 saturated heterocycles. The molecule has 2 aliphatic rings. The van der Waals surface area contributed by atoms with Crippen LogP contribution in [0.25, 0.3) is 0 Å². The maximum Gasteiger partial charge on any atom is 0.306 e. The van der Waals surface area contributed by atoms with Crippen molar-refractivity contribution in [1.82, 2.24) is 4.90 Å². The molecule has 0 bridgehead atoms. The van der Waals surface area contributed by atoms with E-state index in [-0.39, 0.29) is 11.7 Å². The molecular formula is C25H38N2O7S. The number of hydrogen-bond donors (Lipinski definition) is 1. The zero-order valence-corrected chi connectivity index (χ0v) is 22.0. The Labute approximate surface area is 208 Å². The molecular weight excluding hydrogens is 472 g/mol. The Morgan fingerprint density at radius 3 is 2.57 bits per heavy atom. The number of nitrogens with zero attached hydrogens (tertiary/aromatic N) is 2. The van der Waals surface area contributed by atoms with Crippen molar-refractivity contribution in [2.45, 2.75) is 69.8 Å². The molecule has 1 spiro atoms. The molecule has 196 valence electrons. The van der Waals surface area contributed by atoms with Crippen LogP contribution in [0.2, 0.25) is 0 Å². The first-order valence-corrected chi connectivity index (χ1v) is 14.2. The third kappa shape index (κ3) is 8.47. The van der Waals surface area contributed by atoms with E-state index >= 15 is 0 Å². The lowest BCUT2D eigenvalue weighted by molar-refractivity contribution is -0.155. The second kappa shape index (κ2) is 11.3. The van der Waals surface area contributed by atoms with E-state index in [1.807, 2.05) is 20.8 Å². The summed E-state index contributed by atoms with van der Waals surface area (Å²) in [6, 6.07) is 5.27. The zero-order valence-electron chi connectivity index (χ0n) is 21.2. The number of hydrogen-bond acceptors (Lipinski definition) is 9. The molecule has 0 aliphatic carbocycles. The van der Waals surface area contributed by atoms with Gasteiger partial charge in [-0.05, 0) is 44.9 Å². The number of rotatable bonds is 9. The number of esters is 1. The number of piperidine rings is 1. The van der Waals surface area contributed by atoms with Crippen molar-refractivity contribution in [1.29, 1.82) is 0 Å². The molecule has 1 fully saturated rings. The number of fused-ring (bicyclic) bond motifs is 1.